The quantitative estimate of drug-likeness (QED) is 0.625. The molecule has 0 aliphatic carbocycles. The summed E-state index contributed by atoms with van der Waals surface area (Å²) >= 11 is 0.804. The second-order valence-corrected chi connectivity index (χ2v) is 5.57. The Morgan fingerprint density at radius 3 is 2.64 bits per heavy atom. The summed E-state index contributed by atoms with van der Waals surface area (Å²) in [7, 11) is 2.79. The molecule has 1 aromatic carbocycles. The van der Waals surface area contributed by atoms with Crippen molar-refractivity contribution in [1.29, 1.82) is 0 Å². The average molecular weight is 321 g/mol. The molecule has 1 fully saturated rings. The van der Waals surface area contributed by atoms with Crippen LogP contribution in [0.4, 0.5) is 4.79 Å². The summed E-state index contributed by atoms with van der Waals surface area (Å²) < 4.78 is 9.65. The number of esters is 1. The molecule has 116 valence electrons. The van der Waals surface area contributed by atoms with Gasteiger partial charge in [0.1, 0.15) is 12.3 Å². The van der Waals surface area contributed by atoms with Gasteiger partial charge in [0.05, 0.1) is 19.1 Å². The third kappa shape index (κ3) is 3.30. The van der Waals surface area contributed by atoms with E-state index < -0.39 is 17.1 Å². The standard InChI is InChI=1S/C15H15NO5S/c1-9-6-10(4-5-11(9)20-2)7-12-14(18)16(15(19)22-12)8-13(17)21-3/h4-7H,8H2,1-3H3/b12-7-. The van der Waals surface area contributed by atoms with E-state index in [1.54, 1.807) is 25.3 Å². The van der Waals surface area contributed by atoms with E-state index in [4.69, 9.17) is 4.74 Å². The molecular weight excluding hydrogens is 306 g/mol. The van der Waals surface area contributed by atoms with Gasteiger partial charge in [0.25, 0.3) is 11.1 Å². The van der Waals surface area contributed by atoms with E-state index in [9.17, 15) is 14.4 Å². The smallest absolute Gasteiger partial charge is 0.325 e. The number of methoxy groups -OCH3 is 2. The maximum absolute atomic E-state index is 12.2. The fourth-order valence-electron chi connectivity index (χ4n) is 1.97. The summed E-state index contributed by atoms with van der Waals surface area (Å²) in [5, 5.41) is -0.480. The lowest BCUT2D eigenvalue weighted by Gasteiger charge is -2.09. The van der Waals surface area contributed by atoms with Crippen LogP contribution in [-0.4, -0.2) is 42.8 Å². The summed E-state index contributed by atoms with van der Waals surface area (Å²) in [6.45, 7) is 1.51. The fraction of sp³-hybridized carbons (Fsp3) is 0.267. The SMILES string of the molecule is COC(=O)CN1C(=O)S/C(=C\c2ccc(OC)c(C)c2)C1=O. The molecule has 2 amide bonds. The van der Waals surface area contributed by atoms with E-state index in [0.717, 1.165) is 33.5 Å². The molecule has 0 bridgehead atoms. The van der Waals surface area contributed by atoms with Crippen molar-refractivity contribution < 1.29 is 23.9 Å². The highest BCUT2D eigenvalue weighted by Crippen LogP contribution is 2.32. The number of benzene rings is 1. The van der Waals surface area contributed by atoms with Gasteiger partial charge >= 0.3 is 5.97 Å². The molecule has 1 heterocycles. The highest BCUT2D eigenvalue weighted by Gasteiger charge is 2.36. The molecule has 22 heavy (non-hydrogen) atoms. The molecule has 7 heteroatoms. The molecule has 0 saturated carbocycles. The lowest BCUT2D eigenvalue weighted by atomic mass is 10.1. The third-order valence-corrected chi connectivity index (χ3v) is 4.01. The Kier molecular flexibility index (Phi) is 4.87. The predicted octanol–water partition coefficient (Wildman–Crippen LogP) is 2.21. The van der Waals surface area contributed by atoms with Gasteiger partial charge in [0.2, 0.25) is 0 Å². The van der Waals surface area contributed by atoms with E-state index in [0.29, 0.717) is 0 Å². The van der Waals surface area contributed by atoms with E-state index in [1.165, 1.54) is 7.11 Å². The number of carbonyl (C=O) groups excluding carboxylic acids is 3. The Labute approximate surface area is 132 Å². The number of rotatable bonds is 4. The maximum Gasteiger partial charge on any atom is 0.325 e. The normalized spacial score (nSPS) is 16.3. The van der Waals surface area contributed by atoms with Crippen molar-refractivity contribution in [2.45, 2.75) is 6.92 Å². The van der Waals surface area contributed by atoms with Gasteiger partial charge in [-0.1, -0.05) is 6.07 Å². The Hall–Kier alpha value is -2.28. The van der Waals surface area contributed by atoms with E-state index in [1.807, 2.05) is 13.0 Å². The number of aryl methyl sites for hydroxylation is 1. The molecule has 0 atom stereocenters. The number of nitrogens with zero attached hydrogens (tertiary/aromatic N) is 1. The monoisotopic (exact) mass is 321 g/mol. The Morgan fingerprint density at radius 2 is 2.05 bits per heavy atom. The average Bonchev–Trinajstić information content (AvgIpc) is 2.75. The zero-order valence-electron chi connectivity index (χ0n) is 12.4. The van der Waals surface area contributed by atoms with Gasteiger partial charge in [0.15, 0.2) is 0 Å². The lowest BCUT2D eigenvalue weighted by Crippen LogP contribution is -2.34. The molecule has 0 N–H and O–H groups in total. The van der Waals surface area contributed by atoms with E-state index in [2.05, 4.69) is 4.74 Å². The van der Waals surface area contributed by atoms with Crippen LogP contribution >= 0.6 is 11.8 Å². The predicted molar refractivity (Wildman–Crippen MR) is 82.4 cm³/mol. The zero-order chi connectivity index (χ0) is 16.3. The fourth-order valence-corrected chi connectivity index (χ4v) is 2.81. The van der Waals surface area contributed by atoms with Gasteiger partial charge in [-0.05, 0) is 48.0 Å². The summed E-state index contributed by atoms with van der Waals surface area (Å²) in [6.07, 6.45) is 1.62. The van der Waals surface area contributed by atoms with Crippen LogP contribution in [0.2, 0.25) is 0 Å². The molecule has 1 aromatic rings. The first-order valence-corrected chi connectivity index (χ1v) is 7.24. The first-order valence-electron chi connectivity index (χ1n) is 6.43. The molecule has 6 nitrogen and oxygen atoms in total. The van der Waals surface area contributed by atoms with E-state index >= 15 is 0 Å². The maximum atomic E-state index is 12.2. The molecule has 2 rings (SSSR count). The van der Waals surface area contributed by atoms with Crippen LogP contribution < -0.4 is 4.74 Å². The minimum atomic E-state index is -0.635. The van der Waals surface area contributed by atoms with Crippen molar-refractivity contribution >= 4 is 35.0 Å². The minimum absolute atomic E-state index is 0.276. The summed E-state index contributed by atoms with van der Waals surface area (Å²) in [4.78, 5) is 36.3. The molecule has 1 saturated heterocycles. The molecule has 0 unspecified atom stereocenters. The zero-order valence-corrected chi connectivity index (χ0v) is 13.2. The summed E-state index contributed by atoms with van der Waals surface area (Å²) in [5.74, 6) is -0.381. The second kappa shape index (κ2) is 6.65. The van der Waals surface area contributed by atoms with Gasteiger partial charge in [0, 0.05) is 0 Å². The van der Waals surface area contributed by atoms with Gasteiger partial charge in [-0.25, -0.2) is 0 Å². The van der Waals surface area contributed by atoms with Crippen LogP contribution in [0.1, 0.15) is 11.1 Å². The molecular formula is C15H15NO5S. The molecule has 0 spiro atoms. The Morgan fingerprint density at radius 1 is 1.32 bits per heavy atom. The van der Waals surface area contributed by atoms with Crippen molar-refractivity contribution in [2.75, 3.05) is 20.8 Å². The number of ether oxygens (including phenoxy) is 2. The minimum Gasteiger partial charge on any atom is -0.496 e. The second-order valence-electron chi connectivity index (χ2n) is 4.57. The van der Waals surface area contributed by atoms with Crippen LogP contribution in [0, 0.1) is 6.92 Å². The van der Waals surface area contributed by atoms with Crippen LogP contribution in [0.25, 0.3) is 6.08 Å². The van der Waals surface area contributed by atoms with Gasteiger partial charge in [-0.2, -0.15) is 0 Å². The van der Waals surface area contributed by atoms with Crippen LogP contribution in [0.5, 0.6) is 5.75 Å². The molecule has 1 aliphatic heterocycles. The Balaban J connectivity index is 2.22. The van der Waals surface area contributed by atoms with Crippen molar-refractivity contribution in [2.24, 2.45) is 0 Å². The first-order chi connectivity index (χ1) is 10.5. The number of imide groups is 1. The van der Waals surface area contributed by atoms with Crippen LogP contribution in [0.15, 0.2) is 23.1 Å². The van der Waals surface area contributed by atoms with Crippen molar-refractivity contribution in [3.05, 3.63) is 34.2 Å². The number of hydrogen-bond acceptors (Lipinski definition) is 6. The number of thioether (sulfide) groups is 1. The van der Waals surface area contributed by atoms with Gasteiger partial charge in [-0.3, -0.25) is 19.3 Å². The van der Waals surface area contributed by atoms with Crippen molar-refractivity contribution in [1.82, 2.24) is 4.90 Å². The van der Waals surface area contributed by atoms with E-state index in [-0.39, 0.29) is 11.4 Å². The molecule has 1 aliphatic rings. The van der Waals surface area contributed by atoms with Crippen LogP contribution in [-0.2, 0) is 14.3 Å². The first kappa shape index (κ1) is 16.1. The summed E-state index contributed by atoms with van der Waals surface area (Å²) in [5.41, 5.74) is 1.70. The van der Waals surface area contributed by atoms with Gasteiger partial charge in [-0.15, -0.1) is 0 Å². The Bertz CT molecular complexity index is 668. The van der Waals surface area contributed by atoms with Crippen LogP contribution in [0.3, 0.4) is 0 Å². The number of amides is 2. The van der Waals surface area contributed by atoms with Crippen molar-refractivity contribution in [3.63, 3.8) is 0 Å². The lowest BCUT2D eigenvalue weighted by molar-refractivity contribution is -0.143. The largest absolute Gasteiger partial charge is 0.496 e. The highest BCUT2D eigenvalue weighted by molar-refractivity contribution is 8.18. The van der Waals surface area contributed by atoms with Gasteiger partial charge < -0.3 is 9.47 Å². The highest BCUT2D eigenvalue weighted by atomic mass is 32.2. The molecule has 0 radical (unpaired) electrons. The topological polar surface area (TPSA) is 72.9 Å². The summed E-state index contributed by atoms with van der Waals surface area (Å²) in [6, 6.07) is 5.44. The number of carbonyl (C=O) groups is 3. The van der Waals surface area contributed by atoms with Crippen molar-refractivity contribution in [3.8, 4) is 5.75 Å². The third-order valence-electron chi connectivity index (χ3n) is 3.11. The molecule has 0 aromatic heterocycles. The number of hydrogen-bond donors (Lipinski definition) is 0.